The molecule has 0 radical (unpaired) electrons. The average Bonchev–Trinajstić information content (AvgIpc) is 3.22. The molecule has 0 fully saturated rings. The maximum absolute atomic E-state index is 12.1. The average molecular weight is 345 g/mol. The normalized spacial score (nSPS) is 11.5. The molecule has 8 nitrogen and oxygen atoms in total. The van der Waals surface area contributed by atoms with Gasteiger partial charge in [-0.05, 0) is 6.07 Å². The summed E-state index contributed by atoms with van der Waals surface area (Å²) in [5, 5.41) is 6.03. The fraction of sp³-hybridized carbons (Fsp3) is 0.333. The van der Waals surface area contributed by atoms with Gasteiger partial charge in [-0.25, -0.2) is 19.7 Å². The van der Waals surface area contributed by atoms with Gasteiger partial charge in [0.05, 0.1) is 0 Å². The van der Waals surface area contributed by atoms with Gasteiger partial charge in [0.25, 0.3) is 5.89 Å². The third-order valence-electron chi connectivity index (χ3n) is 2.94. The van der Waals surface area contributed by atoms with Crippen LogP contribution in [0.25, 0.3) is 10.8 Å². The maximum Gasteiger partial charge on any atom is 0.358 e. The molecule has 0 unspecified atom stereocenters. The van der Waals surface area contributed by atoms with Crippen molar-refractivity contribution >= 4 is 17.3 Å². The highest BCUT2D eigenvalue weighted by Crippen LogP contribution is 2.21. The SMILES string of the molecule is CC(C)(C)c1noc(COC(=O)c2csc(-c3ncccn3)n2)n1. The molecule has 0 bridgehead atoms. The van der Waals surface area contributed by atoms with Gasteiger partial charge in [0, 0.05) is 23.2 Å². The summed E-state index contributed by atoms with van der Waals surface area (Å²) in [5.74, 6) is 0.707. The molecule has 24 heavy (non-hydrogen) atoms. The van der Waals surface area contributed by atoms with Crippen LogP contribution in [0.4, 0.5) is 0 Å². The smallest absolute Gasteiger partial charge is 0.358 e. The van der Waals surface area contributed by atoms with Crippen molar-refractivity contribution in [2.24, 2.45) is 0 Å². The summed E-state index contributed by atoms with van der Waals surface area (Å²) >= 11 is 1.27. The van der Waals surface area contributed by atoms with Crippen LogP contribution in [0.3, 0.4) is 0 Å². The van der Waals surface area contributed by atoms with Crippen molar-refractivity contribution in [1.29, 1.82) is 0 Å². The summed E-state index contributed by atoms with van der Waals surface area (Å²) < 4.78 is 10.2. The molecule has 0 saturated heterocycles. The van der Waals surface area contributed by atoms with E-state index in [9.17, 15) is 4.79 Å². The van der Waals surface area contributed by atoms with E-state index in [1.54, 1.807) is 23.8 Å². The topological polar surface area (TPSA) is 104 Å². The lowest BCUT2D eigenvalue weighted by atomic mass is 9.96. The number of nitrogens with zero attached hydrogens (tertiary/aromatic N) is 5. The van der Waals surface area contributed by atoms with Crippen molar-refractivity contribution in [3.8, 4) is 10.8 Å². The van der Waals surface area contributed by atoms with E-state index in [-0.39, 0.29) is 23.6 Å². The number of thiazole rings is 1. The fourth-order valence-electron chi connectivity index (χ4n) is 1.70. The molecule has 3 rings (SSSR count). The van der Waals surface area contributed by atoms with E-state index in [1.807, 2.05) is 20.8 Å². The highest BCUT2D eigenvalue weighted by atomic mass is 32.1. The molecule has 0 spiro atoms. The van der Waals surface area contributed by atoms with Gasteiger partial charge in [-0.1, -0.05) is 25.9 Å². The summed E-state index contributed by atoms with van der Waals surface area (Å²) in [6.45, 7) is 5.80. The molecular formula is C15H15N5O3S. The number of carbonyl (C=O) groups excluding carboxylic acids is 1. The standard InChI is InChI=1S/C15H15N5O3S/c1-15(2,3)14-19-10(23-20-14)7-22-13(21)9-8-24-12(18-9)11-16-5-4-6-17-11/h4-6,8H,7H2,1-3H3. The van der Waals surface area contributed by atoms with E-state index < -0.39 is 5.97 Å². The van der Waals surface area contributed by atoms with Gasteiger partial charge in [0.1, 0.15) is 0 Å². The molecule has 0 aromatic carbocycles. The Hall–Kier alpha value is -2.68. The van der Waals surface area contributed by atoms with Crippen molar-refractivity contribution in [3.63, 3.8) is 0 Å². The Kier molecular flexibility index (Phi) is 4.34. The van der Waals surface area contributed by atoms with E-state index in [2.05, 4.69) is 25.1 Å². The molecule has 0 aliphatic rings. The first-order valence-electron chi connectivity index (χ1n) is 7.16. The van der Waals surface area contributed by atoms with Crippen LogP contribution in [0.15, 0.2) is 28.4 Å². The first kappa shape index (κ1) is 16.2. The van der Waals surface area contributed by atoms with Gasteiger partial charge >= 0.3 is 5.97 Å². The van der Waals surface area contributed by atoms with Crippen molar-refractivity contribution in [2.45, 2.75) is 32.8 Å². The van der Waals surface area contributed by atoms with Gasteiger partial charge in [-0.3, -0.25) is 0 Å². The summed E-state index contributed by atoms with van der Waals surface area (Å²) in [5.41, 5.74) is -0.0383. The third kappa shape index (κ3) is 3.62. The van der Waals surface area contributed by atoms with E-state index in [0.29, 0.717) is 16.7 Å². The van der Waals surface area contributed by atoms with Gasteiger partial charge in [-0.15, -0.1) is 11.3 Å². The van der Waals surface area contributed by atoms with Crippen LogP contribution in [0.2, 0.25) is 0 Å². The summed E-state index contributed by atoms with van der Waals surface area (Å²) in [6.07, 6.45) is 3.23. The first-order valence-corrected chi connectivity index (χ1v) is 8.04. The van der Waals surface area contributed by atoms with Crippen LogP contribution in [0.1, 0.15) is 43.0 Å². The van der Waals surface area contributed by atoms with Crippen molar-refractivity contribution < 1.29 is 14.1 Å². The monoisotopic (exact) mass is 345 g/mol. The fourth-order valence-corrected chi connectivity index (χ4v) is 2.43. The predicted molar refractivity (Wildman–Crippen MR) is 85.3 cm³/mol. The summed E-state index contributed by atoms with van der Waals surface area (Å²) in [6, 6.07) is 1.71. The van der Waals surface area contributed by atoms with Crippen LogP contribution in [0, 0.1) is 0 Å². The van der Waals surface area contributed by atoms with Crippen LogP contribution in [-0.4, -0.2) is 31.1 Å². The largest absolute Gasteiger partial charge is 0.451 e. The van der Waals surface area contributed by atoms with Crippen LogP contribution in [-0.2, 0) is 16.8 Å². The Morgan fingerprint density at radius 2 is 2.00 bits per heavy atom. The second-order valence-corrected chi connectivity index (χ2v) is 6.81. The molecule has 0 amide bonds. The third-order valence-corrected chi connectivity index (χ3v) is 3.77. The van der Waals surface area contributed by atoms with Crippen molar-refractivity contribution in [2.75, 3.05) is 0 Å². The van der Waals surface area contributed by atoms with E-state index in [4.69, 9.17) is 9.26 Å². The summed E-state index contributed by atoms with van der Waals surface area (Å²) in [7, 11) is 0. The minimum Gasteiger partial charge on any atom is -0.451 e. The molecular weight excluding hydrogens is 330 g/mol. The number of rotatable bonds is 4. The molecule has 9 heteroatoms. The Labute approximate surface area is 141 Å². The zero-order chi connectivity index (χ0) is 17.2. The van der Waals surface area contributed by atoms with Crippen LogP contribution >= 0.6 is 11.3 Å². The Balaban J connectivity index is 1.64. The number of carbonyl (C=O) groups is 1. The van der Waals surface area contributed by atoms with Gasteiger partial charge < -0.3 is 9.26 Å². The molecule has 0 N–H and O–H groups in total. The molecule has 124 valence electrons. The second-order valence-electron chi connectivity index (χ2n) is 5.95. The molecule has 0 aliphatic carbocycles. The van der Waals surface area contributed by atoms with E-state index in [0.717, 1.165) is 0 Å². The highest BCUT2D eigenvalue weighted by molar-refractivity contribution is 7.13. The van der Waals surface area contributed by atoms with Crippen molar-refractivity contribution in [3.05, 3.63) is 41.2 Å². The van der Waals surface area contributed by atoms with Crippen LogP contribution in [0.5, 0.6) is 0 Å². The number of esters is 1. The minimum atomic E-state index is -0.566. The molecule has 3 aromatic heterocycles. The van der Waals surface area contributed by atoms with E-state index >= 15 is 0 Å². The molecule has 0 aliphatic heterocycles. The lowest BCUT2D eigenvalue weighted by Gasteiger charge is -2.10. The first-order chi connectivity index (χ1) is 11.4. The van der Waals surface area contributed by atoms with E-state index in [1.165, 1.54) is 11.3 Å². The minimum absolute atomic E-state index is 0.101. The Morgan fingerprint density at radius 3 is 2.67 bits per heavy atom. The predicted octanol–water partition coefficient (Wildman–Crippen LogP) is 2.64. The molecule has 3 heterocycles. The summed E-state index contributed by atoms with van der Waals surface area (Å²) in [4.78, 5) is 28.6. The van der Waals surface area contributed by atoms with Crippen molar-refractivity contribution in [1.82, 2.24) is 25.1 Å². The Bertz CT molecular complexity index is 838. The number of ether oxygens (including phenoxy) is 1. The molecule has 0 saturated carbocycles. The highest BCUT2D eigenvalue weighted by Gasteiger charge is 2.22. The lowest BCUT2D eigenvalue weighted by molar-refractivity contribution is 0.0424. The quantitative estimate of drug-likeness (QED) is 0.665. The maximum atomic E-state index is 12.1. The number of aromatic nitrogens is 5. The van der Waals surface area contributed by atoms with Gasteiger partial charge in [0.2, 0.25) is 0 Å². The Morgan fingerprint density at radius 1 is 1.25 bits per heavy atom. The number of hydrogen-bond donors (Lipinski definition) is 0. The molecule has 3 aromatic rings. The lowest BCUT2D eigenvalue weighted by Crippen LogP contribution is -2.13. The van der Waals surface area contributed by atoms with Gasteiger partial charge in [0.15, 0.2) is 29.0 Å². The van der Waals surface area contributed by atoms with Gasteiger partial charge in [-0.2, -0.15) is 4.98 Å². The van der Waals surface area contributed by atoms with Crippen LogP contribution < -0.4 is 0 Å². The second kappa shape index (κ2) is 6.44. The zero-order valence-corrected chi connectivity index (χ0v) is 14.2. The number of hydrogen-bond acceptors (Lipinski definition) is 9. The zero-order valence-electron chi connectivity index (χ0n) is 13.4. The molecule has 0 atom stereocenters.